The van der Waals surface area contributed by atoms with E-state index in [1.54, 1.807) is 6.92 Å². The van der Waals surface area contributed by atoms with Crippen LogP contribution in [0.2, 0.25) is 0 Å². The first kappa shape index (κ1) is 10.5. The van der Waals surface area contributed by atoms with E-state index in [1.165, 1.54) is 5.06 Å². The zero-order valence-corrected chi connectivity index (χ0v) is 8.90. The van der Waals surface area contributed by atoms with Gasteiger partial charge in [0.25, 0.3) is 0 Å². The molecule has 0 unspecified atom stereocenters. The number of hydroxylamine groups is 3. The predicted octanol–water partition coefficient (Wildman–Crippen LogP) is 1.22. The fourth-order valence-electron chi connectivity index (χ4n) is 1.65. The number of hydrogen-bond acceptors (Lipinski definition) is 3. The topological polar surface area (TPSA) is 49.5 Å². The Balaban J connectivity index is 3.17. The molecule has 1 aliphatic heterocycles. The first-order valence-electron chi connectivity index (χ1n) is 4.58. The number of nitrogens with zero attached hydrogens (tertiary/aromatic N) is 2. The van der Waals surface area contributed by atoms with Crippen LogP contribution >= 0.6 is 0 Å². The maximum atomic E-state index is 11.6. The molecule has 0 saturated heterocycles. The molecular weight excluding hydrogens is 168 g/mol. The van der Waals surface area contributed by atoms with Crippen LogP contribution in [-0.2, 0) is 0 Å². The Morgan fingerprint density at radius 3 is 2.38 bits per heavy atom. The highest BCUT2D eigenvalue weighted by Gasteiger charge is 2.45. The summed E-state index contributed by atoms with van der Waals surface area (Å²) in [6.45, 7) is 9.12. The molecule has 13 heavy (non-hydrogen) atoms. The van der Waals surface area contributed by atoms with Gasteiger partial charge in [-0.25, -0.2) is 4.74 Å². The van der Waals surface area contributed by atoms with Crippen LogP contribution in [-0.4, -0.2) is 38.3 Å². The molecule has 0 bridgehead atoms. The van der Waals surface area contributed by atoms with Gasteiger partial charge in [0.15, 0.2) is 11.8 Å². The van der Waals surface area contributed by atoms with Crippen LogP contribution in [0.4, 0.5) is 0 Å². The van der Waals surface area contributed by atoms with E-state index in [4.69, 9.17) is 0 Å². The largest absolute Gasteiger partial charge is 0.624 e. The summed E-state index contributed by atoms with van der Waals surface area (Å²) in [5, 5.41) is 22.7. The Morgan fingerprint density at radius 1 is 1.46 bits per heavy atom. The molecule has 4 heteroatoms. The summed E-state index contributed by atoms with van der Waals surface area (Å²) < 4.78 is 0.997. The highest BCUT2D eigenvalue weighted by Crippen LogP contribution is 2.24. The highest BCUT2D eigenvalue weighted by molar-refractivity contribution is 5.86. The van der Waals surface area contributed by atoms with Gasteiger partial charge in [0.05, 0.1) is 6.04 Å². The molecule has 0 aromatic carbocycles. The minimum absolute atomic E-state index is 0.142. The van der Waals surface area contributed by atoms with Crippen LogP contribution in [0, 0.1) is 5.21 Å². The summed E-state index contributed by atoms with van der Waals surface area (Å²) in [4.78, 5) is 0. The van der Waals surface area contributed by atoms with Crippen molar-refractivity contribution in [1.82, 2.24) is 5.06 Å². The molecule has 0 amide bonds. The van der Waals surface area contributed by atoms with Gasteiger partial charge in [-0.3, -0.25) is 0 Å². The molecule has 0 aliphatic carbocycles. The summed E-state index contributed by atoms with van der Waals surface area (Å²) in [6.07, 6.45) is 0. The fraction of sp³-hybridized carbons (Fsp3) is 0.889. The zero-order valence-electron chi connectivity index (χ0n) is 8.90. The molecular formula is C9H18N2O2. The molecule has 0 fully saturated rings. The number of hydrogen-bond donors (Lipinski definition) is 1. The van der Waals surface area contributed by atoms with Crippen molar-refractivity contribution in [2.24, 2.45) is 0 Å². The fourth-order valence-corrected chi connectivity index (χ4v) is 1.65. The Labute approximate surface area is 79.0 Å². The molecule has 0 spiro atoms. The zero-order chi connectivity index (χ0) is 10.4. The molecule has 0 aromatic heterocycles. The van der Waals surface area contributed by atoms with Gasteiger partial charge in [-0.05, 0) is 20.8 Å². The second-order valence-corrected chi connectivity index (χ2v) is 4.30. The lowest BCUT2D eigenvalue weighted by atomic mass is 9.92. The van der Waals surface area contributed by atoms with Gasteiger partial charge in [0.1, 0.15) is 5.54 Å². The lowest BCUT2D eigenvalue weighted by Gasteiger charge is -2.42. The summed E-state index contributed by atoms with van der Waals surface area (Å²) in [5.74, 6) is 0. The molecule has 1 aliphatic rings. The normalized spacial score (nSPS) is 35.2. The van der Waals surface area contributed by atoms with Crippen molar-refractivity contribution in [2.45, 2.75) is 52.2 Å². The van der Waals surface area contributed by atoms with Gasteiger partial charge >= 0.3 is 0 Å². The van der Waals surface area contributed by atoms with Gasteiger partial charge in [0.2, 0.25) is 0 Å². The smallest absolute Gasteiger partial charge is 0.182 e. The third-order valence-electron chi connectivity index (χ3n) is 3.24. The lowest BCUT2D eigenvalue weighted by molar-refractivity contribution is -0.528. The minimum Gasteiger partial charge on any atom is -0.624 e. The average molecular weight is 186 g/mol. The molecule has 2 atom stereocenters. The van der Waals surface area contributed by atoms with E-state index < -0.39 is 5.54 Å². The quantitative estimate of drug-likeness (QED) is 0.457. The SMILES string of the molecule is CC1=[N+]([O-])[C@H](C)[C@@H](C)N(O)C1(C)C. The van der Waals surface area contributed by atoms with E-state index in [2.05, 4.69) is 0 Å². The van der Waals surface area contributed by atoms with Crippen molar-refractivity contribution in [3.05, 3.63) is 5.21 Å². The molecule has 1 N–H and O–H groups in total. The first-order chi connectivity index (χ1) is 5.80. The van der Waals surface area contributed by atoms with E-state index in [1.807, 2.05) is 27.7 Å². The summed E-state index contributed by atoms with van der Waals surface area (Å²) in [5.41, 5.74) is 0.0915. The van der Waals surface area contributed by atoms with E-state index >= 15 is 0 Å². The van der Waals surface area contributed by atoms with Crippen LogP contribution in [0.25, 0.3) is 0 Å². The molecule has 0 radical (unpaired) electrons. The Morgan fingerprint density at radius 2 is 1.92 bits per heavy atom. The van der Waals surface area contributed by atoms with Crippen LogP contribution in [0.3, 0.4) is 0 Å². The molecule has 4 nitrogen and oxygen atoms in total. The standard InChI is InChI=1S/C9H18N2O2/c1-6-7(2)11(13)9(4,5)8(3)10(6)12/h6-7,13H,1-5H3/t6-,7-/m1/s1. The van der Waals surface area contributed by atoms with E-state index in [0.717, 1.165) is 4.74 Å². The maximum absolute atomic E-state index is 11.6. The maximum Gasteiger partial charge on any atom is 0.182 e. The predicted molar refractivity (Wildman–Crippen MR) is 50.9 cm³/mol. The van der Waals surface area contributed by atoms with Crippen molar-refractivity contribution in [2.75, 3.05) is 0 Å². The first-order valence-corrected chi connectivity index (χ1v) is 4.58. The molecule has 0 aromatic rings. The van der Waals surface area contributed by atoms with Crippen molar-refractivity contribution in [1.29, 1.82) is 0 Å². The van der Waals surface area contributed by atoms with Crippen molar-refractivity contribution in [3.63, 3.8) is 0 Å². The Bertz CT molecular complexity index is 248. The second-order valence-electron chi connectivity index (χ2n) is 4.30. The van der Waals surface area contributed by atoms with Crippen LogP contribution in [0.1, 0.15) is 34.6 Å². The van der Waals surface area contributed by atoms with Gasteiger partial charge in [-0.2, -0.15) is 5.06 Å². The lowest BCUT2D eigenvalue weighted by Crippen LogP contribution is -2.62. The van der Waals surface area contributed by atoms with E-state index in [0.29, 0.717) is 5.71 Å². The van der Waals surface area contributed by atoms with Gasteiger partial charge in [0, 0.05) is 13.8 Å². The molecule has 76 valence electrons. The van der Waals surface area contributed by atoms with Gasteiger partial charge in [-0.1, -0.05) is 0 Å². The molecule has 0 saturated carbocycles. The van der Waals surface area contributed by atoms with Crippen molar-refractivity contribution >= 4 is 5.71 Å². The Hall–Kier alpha value is -0.610. The van der Waals surface area contributed by atoms with E-state index in [-0.39, 0.29) is 12.1 Å². The van der Waals surface area contributed by atoms with Crippen LogP contribution in [0.15, 0.2) is 0 Å². The number of rotatable bonds is 0. The van der Waals surface area contributed by atoms with Crippen molar-refractivity contribution < 1.29 is 9.95 Å². The summed E-state index contributed by atoms with van der Waals surface area (Å²) in [6, 6.07) is -0.339. The molecule has 1 rings (SSSR count). The second kappa shape index (κ2) is 2.96. The monoisotopic (exact) mass is 186 g/mol. The summed E-state index contributed by atoms with van der Waals surface area (Å²) in [7, 11) is 0. The minimum atomic E-state index is -0.562. The third-order valence-corrected chi connectivity index (χ3v) is 3.24. The van der Waals surface area contributed by atoms with Crippen LogP contribution < -0.4 is 0 Å². The average Bonchev–Trinajstić information content (AvgIpc) is 2.09. The van der Waals surface area contributed by atoms with Gasteiger partial charge < -0.3 is 10.4 Å². The summed E-state index contributed by atoms with van der Waals surface area (Å²) >= 11 is 0. The van der Waals surface area contributed by atoms with Crippen molar-refractivity contribution in [3.8, 4) is 0 Å². The highest BCUT2D eigenvalue weighted by atomic mass is 16.5. The van der Waals surface area contributed by atoms with E-state index in [9.17, 15) is 10.4 Å². The van der Waals surface area contributed by atoms with Crippen LogP contribution in [0.5, 0.6) is 0 Å². The van der Waals surface area contributed by atoms with Gasteiger partial charge in [-0.15, -0.1) is 0 Å². The molecule has 1 heterocycles. The Kier molecular flexibility index (Phi) is 2.38. The third kappa shape index (κ3) is 1.34.